The van der Waals surface area contributed by atoms with Crippen molar-refractivity contribution in [3.8, 4) is 5.69 Å². The summed E-state index contributed by atoms with van der Waals surface area (Å²) in [6.07, 6.45) is 0. The molecule has 4 rings (SSSR count). The Balaban J connectivity index is 1.85. The molecule has 4 aromatic rings. The third kappa shape index (κ3) is 3.48. The van der Waals surface area contributed by atoms with Crippen LogP contribution in [0.15, 0.2) is 86.6 Å². The number of aryl methyl sites for hydroxylation is 1. The first-order valence-corrected chi connectivity index (χ1v) is 10.1. The van der Waals surface area contributed by atoms with Gasteiger partial charge >= 0.3 is 0 Å². The Morgan fingerprint density at radius 3 is 2.34 bits per heavy atom. The SMILES string of the molecule is Cc1[nH]n(-c2ccccc2)c(=O)c1N=Nc1ccc2ccccc2c1S(=O)(=O)O. The monoisotopic (exact) mass is 408 g/mol. The summed E-state index contributed by atoms with van der Waals surface area (Å²) < 4.78 is 35.0. The number of aromatic amines is 1. The first-order chi connectivity index (χ1) is 13.9. The molecule has 0 bridgehead atoms. The van der Waals surface area contributed by atoms with Crippen molar-refractivity contribution in [2.75, 3.05) is 0 Å². The lowest BCUT2D eigenvalue weighted by molar-refractivity contribution is 0.484. The second kappa shape index (κ2) is 7.12. The molecular weight excluding hydrogens is 392 g/mol. The first kappa shape index (κ1) is 18.8. The number of H-pyrrole nitrogens is 1. The Labute approximate surface area is 165 Å². The molecule has 2 N–H and O–H groups in total. The maximum atomic E-state index is 12.7. The molecule has 1 heterocycles. The van der Waals surface area contributed by atoms with Gasteiger partial charge < -0.3 is 0 Å². The van der Waals surface area contributed by atoms with E-state index in [1.165, 1.54) is 10.7 Å². The third-order valence-corrected chi connectivity index (χ3v) is 5.37. The molecule has 0 amide bonds. The normalized spacial score (nSPS) is 12.1. The number of para-hydroxylation sites is 1. The van der Waals surface area contributed by atoms with E-state index in [1.54, 1.807) is 61.5 Å². The zero-order valence-electron chi connectivity index (χ0n) is 15.3. The van der Waals surface area contributed by atoms with Gasteiger partial charge in [0.15, 0.2) is 5.69 Å². The highest BCUT2D eigenvalue weighted by atomic mass is 32.2. The minimum Gasteiger partial charge on any atom is -0.293 e. The predicted molar refractivity (Wildman–Crippen MR) is 109 cm³/mol. The van der Waals surface area contributed by atoms with E-state index in [0.717, 1.165) is 0 Å². The van der Waals surface area contributed by atoms with Gasteiger partial charge in [-0.1, -0.05) is 48.5 Å². The number of aromatic nitrogens is 2. The fourth-order valence-corrected chi connectivity index (χ4v) is 3.94. The summed E-state index contributed by atoms with van der Waals surface area (Å²) in [7, 11) is -4.57. The maximum Gasteiger partial charge on any atom is 0.299 e. The van der Waals surface area contributed by atoms with E-state index >= 15 is 0 Å². The minimum atomic E-state index is -4.57. The van der Waals surface area contributed by atoms with Crippen LogP contribution in [0.1, 0.15) is 5.69 Å². The van der Waals surface area contributed by atoms with Crippen molar-refractivity contribution in [2.45, 2.75) is 11.8 Å². The molecule has 0 radical (unpaired) electrons. The van der Waals surface area contributed by atoms with Gasteiger partial charge in [0, 0.05) is 5.39 Å². The van der Waals surface area contributed by atoms with E-state index in [9.17, 15) is 17.8 Å². The molecule has 0 unspecified atom stereocenters. The fourth-order valence-electron chi connectivity index (χ4n) is 3.10. The van der Waals surface area contributed by atoms with Crippen LogP contribution in [0.4, 0.5) is 11.4 Å². The number of azo groups is 1. The number of fused-ring (bicyclic) bond motifs is 1. The lowest BCUT2D eigenvalue weighted by Crippen LogP contribution is -2.13. The molecule has 0 fully saturated rings. The van der Waals surface area contributed by atoms with Crippen molar-refractivity contribution in [1.29, 1.82) is 0 Å². The summed E-state index contributed by atoms with van der Waals surface area (Å²) in [4.78, 5) is 12.4. The Kier molecular flexibility index (Phi) is 4.61. The molecule has 29 heavy (non-hydrogen) atoms. The Bertz CT molecular complexity index is 1400. The zero-order chi connectivity index (χ0) is 20.6. The molecule has 146 valence electrons. The highest BCUT2D eigenvalue weighted by molar-refractivity contribution is 7.86. The van der Waals surface area contributed by atoms with Crippen molar-refractivity contribution in [3.05, 3.63) is 82.8 Å². The number of benzene rings is 3. The summed E-state index contributed by atoms with van der Waals surface area (Å²) >= 11 is 0. The largest absolute Gasteiger partial charge is 0.299 e. The maximum absolute atomic E-state index is 12.7. The second-order valence-electron chi connectivity index (χ2n) is 6.37. The van der Waals surface area contributed by atoms with Crippen molar-refractivity contribution in [3.63, 3.8) is 0 Å². The van der Waals surface area contributed by atoms with Gasteiger partial charge in [-0.15, -0.1) is 10.2 Å². The van der Waals surface area contributed by atoms with Gasteiger partial charge in [-0.05, 0) is 30.5 Å². The predicted octanol–water partition coefficient (Wildman–Crippen LogP) is 4.29. The molecule has 1 aromatic heterocycles. The number of nitrogens with one attached hydrogen (secondary N) is 1. The summed E-state index contributed by atoms with van der Waals surface area (Å²) in [5.41, 5.74) is 0.663. The third-order valence-electron chi connectivity index (χ3n) is 4.43. The van der Waals surface area contributed by atoms with Crippen LogP contribution in [0.5, 0.6) is 0 Å². The van der Waals surface area contributed by atoms with E-state index in [0.29, 0.717) is 22.2 Å². The van der Waals surface area contributed by atoms with E-state index in [-0.39, 0.29) is 16.3 Å². The van der Waals surface area contributed by atoms with Crippen LogP contribution < -0.4 is 5.56 Å². The van der Waals surface area contributed by atoms with Crippen LogP contribution in [0.3, 0.4) is 0 Å². The van der Waals surface area contributed by atoms with Gasteiger partial charge in [0.05, 0.1) is 11.4 Å². The van der Waals surface area contributed by atoms with Crippen LogP contribution in [-0.4, -0.2) is 22.8 Å². The molecule has 8 nitrogen and oxygen atoms in total. The van der Waals surface area contributed by atoms with E-state index in [4.69, 9.17) is 0 Å². The van der Waals surface area contributed by atoms with E-state index in [1.807, 2.05) is 6.07 Å². The molecule has 0 saturated heterocycles. The van der Waals surface area contributed by atoms with Gasteiger partial charge in [-0.25, -0.2) is 4.68 Å². The number of nitrogens with zero attached hydrogens (tertiary/aromatic N) is 3. The van der Waals surface area contributed by atoms with Gasteiger partial charge in [-0.2, -0.15) is 8.42 Å². The van der Waals surface area contributed by atoms with Crippen LogP contribution in [0.2, 0.25) is 0 Å². The van der Waals surface area contributed by atoms with E-state index in [2.05, 4.69) is 15.3 Å². The average molecular weight is 408 g/mol. The standard InChI is InChI=1S/C20H16N4O4S/c1-13-18(20(25)24(23-13)15-8-3-2-4-9-15)22-21-17-12-11-14-7-5-6-10-16(14)19(17)29(26,27)28/h2-12,23H,1H3,(H,26,27,28). The molecule has 0 spiro atoms. The average Bonchev–Trinajstić information content (AvgIpc) is 2.99. The number of rotatable bonds is 4. The molecule has 3 aromatic carbocycles. The quantitative estimate of drug-likeness (QED) is 0.387. The van der Waals surface area contributed by atoms with Crippen molar-refractivity contribution < 1.29 is 13.0 Å². The lowest BCUT2D eigenvalue weighted by atomic mass is 10.1. The molecule has 0 aliphatic carbocycles. The molecular formula is C20H16N4O4S. The van der Waals surface area contributed by atoms with E-state index < -0.39 is 15.7 Å². The molecule has 9 heteroatoms. The summed E-state index contributed by atoms with van der Waals surface area (Å²) in [6, 6.07) is 18.8. The fraction of sp³-hybridized carbons (Fsp3) is 0.0500. The highest BCUT2D eigenvalue weighted by Gasteiger charge is 2.20. The summed E-state index contributed by atoms with van der Waals surface area (Å²) in [5.74, 6) is 0. The summed E-state index contributed by atoms with van der Waals surface area (Å²) in [5, 5.41) is 11.8. The number of hydrogen-bond acceptors (Lipinski definition) is 5. The van der Waals surface area contributed by atoms with Crippen LogP contribution in [-0.2, 0) is 10.1 Å². The molecule has 0 atom stereocenters. The first-order valence-electron chi connectivity index (χ1n) is 8.64. The van der Waals surface area contributed by atoms with Crippen molar-refractivity contribution >= 4 is 32.3 Å². The van der Waals surface area contributed by atoms with Crippen molar-refractivity contribution in [1.82, 2.24) is 9.78 Å². The van der Waals surface area contributed by atoms with Gasteiger partial charge in [-0.3, -0.25) is 14.4 Å². The van der Waals surface area contributed by atoms with Crippen LogP contribution in [0.25, 0.3) is 16.5 Å². The van der Waals surface area contributed by atoms with Gasteiger partial charge in [0.25, 0.3) is 15.7 Å². The van der Waals surface area contributed by atoms with Gasteiger partial charge in [0.2, 0.25) is 0 Å². The van der Waals surface area contributed by atoms with Gasteiger partial charge in [0.1, 0.15) is 10.6 Å². The molecule has 0 aliphatic heterocycles. The van der Waals surface area contributed by atoms with Crippen LogP contribution >= 0.6 is 0 Å². The molecule has 0 saturated carbocycles. The Morgan fingerprint density at radius 2 is 1.62 bits per heavy atom. The smallest absolute Gasteiger partial charge is 0.293 e. The number of hydrogen-bond donors (Lipinski definition) is 2. The molecule has 0 aliphatic rings. The zero-order valence-corrected chi connectivity index (χ0v) is 16.1. The topological polar surface area (TPSA) is 117 Å². The highest BCUT2D eigenvalue weighted by Crippen LogP contribution is 2.33. The Morgan fingerprint density at radius 1 is 0.931 bits per heavy atom. The van der Waals surface area contributed by atoms with Crippen molar-refractivity contribution in [2.24, 2.45) is 10.2 Å². The van der Waals surface area contributed by atoms with Crippen LogP contribution in [0, 0.1) is 6.92 Å². The summed E-state index contributed by atoms with van der Waals surface area (Å²) in [6.45, 7) is 1.67. The lowest BCUT2D eigenvalue weighted by Gasteiger charge is -2.06. The Hall–Kier alpha value is -3.56. The second-order valence-corrected chi connectivity index (χ2v) is 7.73. The minimum absolute atomic E-state index is 0.0447.